The molecule has 1 N–H and O–H groups in total. The second kappa shape index (κ2) is 9.54. The highest BCUT2D eigenvalue weighted by Gasteiger charge is 2.24. The van der Waals surface area contributed by atoms with Crippen LogP contribution < -0.4 is 10.2 Å². The predicted octanol–water partition coefficient (Wildman–Crippen LogP) is 4.94. The molecule has 0 spiro atoms. The number of nitrogens with zero attached hydrogens (tertiary/aromatic N) is 2. The Morgan fingerprint density at radius 2 is 1.57 bits per heavy atom. The average molecular weight is 491 g/mol. The number of hydrogen-bond donors (Lipinski definition) is 1. The van der Waals surface area contributed by atoms with E-state index in [4.69, 9.17) is 0 Å². The number of anilines is 1. The van der Waals surface area contributed by atoms with Crippen LogP contribution in [0.15, 0.2) is 83.9 Å². The molecule has 1 aliphatic heterocycles. The van der Waals surface area contributed by atoms with E-state index in [-0.39, 0.29) is 23.2 Å². The molecular formula is C27H26FN3O3S. The number of aromatic nitrogens is 1. The Morgan fingerprint density at radius 3 is 2.29 bits per heavy atom. The van der Waals surface area contributed by atoms with Crippen molar-refractivity contribution in [1.82, 2.24) is 9.29 Å². The lowest BCUT2D eigenvalue weighted by Gasteiger charge is -2.28. The standard InChI is InChI=1S/C27H26FN3O3S/c28-22-12-8-20(9-13-22)18-29-27(32)21-10-14-23(15-11-21)35(33,34)31-19-26(30-16-4-1-5-17-30)24-6-2-3-7-25(24)31/h2-3,6-15,19H,1,4-5,16-18H2,(H,29,32)/i28-1. The Balaban J connectivity index is 1.39. The molecule has 5 rings (SSSR count). The zero-order chi connectivity index (χ0) is 24.4. The summed E-state index contributed by atoms with van der Waals surface area (Å²) in [5.41, 5.74) is 2.68. The van der Waals surface area contributed by atoms with Crippen LogP contribution in [0.2, 0.25) is 0 Å². The maximum atomic E-state index is 13.6. The number of rotatable bonds is 6. The molecule has 0 radical (unpaired) electrons. The first-order valence-electron chi connectivity index (χ1n) is 11.7. The van der Waals surface area contributed by atoms with Gasteiger partial charge in [-0.15, -0.1) is 0 Å². The van der Waals surface area contributed by atoms with Crippen molar-refractivity contribution in [2.45, 2.75) is 30.7 Å². The van der Waals surface area contributed by atoms with Gasteiger partial charge in [0.25, 0.3) is 15.9 Å². The van der Waals surface area contributed by atoms with E-state index in [0.717, 1.165) is 42.6 Å². The summed E-state index contributed by atoms with van der Waals surface area (Å²) in [6.45, 7) is 2.07. The summed E-state index contributed by atoms with van der Waals surface area (Å²) in [5, 5.41) is 3.68. The topological polar surface area (TPSA) is 71.4 Å². The summed E-state index contributed by atoms with van der Waals surface area (Å²) in [5.74, 6) is -0.674. The summed E-state index contributed by atoms with van der Waals surface area (Å²) >= 11 is 0. The van der Waals surface area contributed by atoms with Crippen LogP contribution in [0.3, 0.4) is 0 Å². The van der Waals surface area contributed by atoms with Crippen LogP contribution in [0.5, 0.6) is 0 Å². The van der Waals surface area contributed by atoms with Crippen LogP contribution in [-0.2, 0) is 16.6 Å². The lowest BCUT2D eigenvalue weighted by Crippen LogP contribution is -2.29. The van der Waals surface area contributed by atoms with E-state index >= 15 is 0 Å². The first-order valence-corrected chi connectivity index (χ1v) is 13.1. The fourth-order valence-corrected chi connectivity index (χ4v) is 5.86. The Labute approximate surface area is 204 Å². The van der Waals surface area contributed by atoms with Crippen LogP contribution >= 0.6 is 0 Å². The smallest absolute Gasteiger partial charge is 0.268 e. The van der Waals surface area contributed by atoms with Gasteiger partial charge >= 0.3 is 0 Å². The minimum Gasteiger partial charge on any atom is -0.370 e. The normalized spacial score (nSPS) is 14.3. The molecule has 1 aliphatic rings. The molecule has 35 heavy (non-hydrogen) atoms. The van der Waals surface area contributed by atoms with Crippen molar-refractivity contribution in [3.05, 3.63) is 95.9 Å². The minimum absolute atomic E-state index is 0.110. The second-order valence-corrected chi connectivity index (χ2v) is 10.5. The van der Waals surface area contributed by atoms with E-state index in [9.17, 15) is 17.6 Å². The number of piperidine rings is 1. The molecule has 2 heterocycles. The van der Waals surface area contributed by atoms with Crippen molar-refractivity contribution in [2.75, 3.05) is 18.0 Å². The van der Waals surface area contributed by atoms with E-state index < -0.39 is 10.0 Å². The van der Waals surface area contributed by atoms with Crippen molar-refractivity contribution in [2.24, 2.45) is 0 Å². The highest BCUT2D eigenvalue weighted by atomic mass is 32.2. The summed E-state index contributed by atoms with van der Waals surface area (Å²) in [7, 11) is -3.86. The van der Waals surface area contributed by atoms with Crippen LogP contribution in [-0.4, -0.2) is 31.4 Å². The molecule has 0 aliphatic carbocycles. The quantitative estimate of drug-likeness (QED) is 0.416. The minimum atomic E-state index is -3.86. The van der Waals surface area contributed by atoms with Gasteiger partial charge in [0.1, 0.15) is 5.82 Å². The number of benzene rings is 3. The molecule has 4 aromatic rings. The summed E-state index contributed by atoms with van der Waals surface area (Å²) in [6, 6.07) is 19.3. The second-order valence-electron chi connectivity index (χ2n) is 8.71. The number of carbonyl (C=O) groups excluding carboxylic acids is 1. The third-order valence-corrected chi connectivity index (χ3v) is 8.08. The van der Waals surface area contributed by atoms with E-state index in [2.05, 4.69) is 10.2 Å². The molecule has 8 heteroatoms. The molecular weight excluding hydrogens is 464 g/mol. The zero-order valence-corrected chi connectivity index (χ0v) is 20.0. The van der Waals surface area contributed by atoms with Crippen molar-refractivity contribution in [3.8, 4) is 0 Å². The van der Waals surface area contributed by atoms with Gasteiger partial charge in [0.15, 0.2) is 0 Å². The molecule has 3 aromatic carbocycles. The Morgan fingerprint density at radius 1 is 0.886 bits per heavy atom. The number of carbonyl (C=O) groups is 1. The summed E-state index contributed by atoms with van der Waals surface area (Å²) in [6.07, 6.45) is 5.10. The van der Waals surface area contributed by atoms with Crippen LogP contribution in [0, 0.1) is 5.82 Å². The summed E-state index contributed by atoms with van der Waals surface area (Å²) < 4.78 is 41.5. The number of para-hydroxylation sites is 1. The molecule has 0 unspecified atom stereocenters. The average Bonchev–Trinajstić information content (AvgIpc) is 3.29. The monoisotopic (exact) mass is 490 g/mol. The van der Waals surface area contributed by atoms with Crippen molar-refractivity contribution >= 4 is 32.5 Å². The van der Waals surface area contributed by atoms with Gasteiger partial charge in [-0.05, 0) is 67.3 Å². The third-order valence-electron chi connectivity index (χ3n) is 6.39. The number of halogens is 1. The molecule has 180 valence electrons. The number of fused-ring (bicyclic) bond motifs is 1. The van der Waals surface area contributed by atoms with E-state index in [1.165, 1.54) is 46.8 Å². The number of amides is 1. The SMILES string of the molecule is O=C(NCc1ccc([18F])cc1)c1ccc(S(=O)(=O)n2cc(N3CCCCC3)c3ccccc32)cc1. The van der Waals surface area contributed by atoms with Crippen LogP contribution in [0.25, 0.3) is 10.9 Å². The Bertz CT molecular complexity index is 1460. The maximum absolute atomic E-state index is 13.6. The van der Waals surface area contributed by atoms with Crippen molar-refractivity contribution < 1.29 is 17.6 Å². The molecule has 6 nitrogen and oxygen atoms in total. The van der Waals surface area contributed by atoms with Gasteiger partial charge in [0.2, 0.25) is 0 Å². The van der Waals surface area contributed by atoms with Gasteiger partial charge in [-0.25, -0.2) is 16.8 Å². The first kappa shape index (κ1) is 23.1. The van der Waals surface area contributed by atoms with Gasteiger partial charge in [-0.3, -0.25) is 4.79 Å². The number of hydrogen-bond acceptors (Lipinski definition) is 4. The van der Waals surface area contributed by atoms with Gasteiger partial charge < -0.3 is 10.2 Å². The van der Waals surface area contributed by atoms with Gasteiger partial charge in [0, 0.05) is 36.8 Å². The highest BCUT2D eigenvalue weighted by molar-refractivity contribution is 7.90. The van der Waals surface area contributed by atoms with Crippen molar-refractivity contribution in [3.63, 3.8) is 0 Å². The molecule has 0 atom stereocenters. The fraction of sp³-hybridized carbons (Fsp3) is 0.222. The predicted molar refractivity (Wildman–Crippen MR) is 135 cm³/mol. The molecule has 1 amide bonds. The van der Waals surface area contributed by atoms with Gasteiger partial charge in [-0.1, -0.05) is 30.3 Å². The molecule has 1 saturated heterocycles. The van der Waals surface area contributed by atoms with Gasteiger partial charge in [-0.2, -0.15) is 0 Å². The Kier molecular flexibility index (Phi) is 6.30. The lowest BCUT2D eigenvalue weighted by atomic mass is 10.1. The molecule has 0 saturated carbocycles. The van der Waals surface area contributed by atoms with Crippen molar-refractivity contribution in [1.29, 1.82) is 0 Å². The molecule has 1 fully saturated rings. The first-order chi connectivity index (χ1) is 16.9. The number of nitrogens with one attached hydrogen (secondary N) is 1. The van der Waals surface area contributed by atoms with Crippen LogP contribution in [0.1, 0.15) is 35.2 Å². The van der Waals surface area contributed by atoms with E-state index in [1.54, 1.807) is 18.3 Å². The Hall–Kier alpha value is -3.65. The molecule has 1 aromatic heterocycles. The fourth-order valence-electron chi connectivity index (χ4n) is 4.50. The molecule has 0 bridgehead atoms. The lowest BCUT2D eigenvalue weighted by molar-refractivity contribution is 0.0951. The van der Waals surface area contributed by atoms with E-state index in [0.29, 0.717) is 11.1 Å². The highest BCUT2D eigenvalue weighted by Crippen LogP contribution is 2.33. The largest absolute Gasteiger partial charge is 0.370 e. The third kappa shape index (κ3) is 4.66. The zero-order valence-electron chi connectivity index (χ0n) is 19.2. The van der Waals surface area contributed by atoms with E-state index in [1.807, 2.05) is 24.3 Å². The van der Waals surface area contributed by atoms with Gasteiger partial charge in [0.05, 0.1) is 16.1 Å². The maximum Gasteiger partial charge on any atom is 0.268 e. The summed E-state index contributed by atoms with van der Waals surface area (Å²) in [4.78, 5) is 14.9. The van der Waals surface area contributed by atoms with Crippen LogP contribution in [0.4, 0.5) is 10.1 Å².